The lowest BCUT2D eigenvalue weighted by molar-refractivity contribution is 0.108. The molecule has 82 valence electrons. The van der Waals surface area contributed by atoms with Crippen LogP contribution in [0, 0.1) is 0 Å². The van der Waals surface area contributed by atoms with Crippen molar-refractivity contribution in [1.82, 2.24) is 0 Å². The highest BCUT2D eigenvalue weighted by atomic mass is 35.5. The first-order valence-electron chi connectivity index (χ1n) is 4.78. The van der Waals surface area contributed by atoms with Gasteiger partial charge < -0.3 is 5.11 Å². The Morgan fingerprint density at radius 3 is 2.67 bits per heavy atom. The number of carbonyl (C=O) groups is 1. The van der Waals surface area contributed by atoms with Crippen LogP contribution >= 0.6 is 23.2 Å². The van der Waals surface area contributed by atoms with Gasteiger partial charge in [0.15, 0.2) is 0 Å². The second-order valence-electron chi connectivity index (χ2n) is 3.30. The van der Waals surface area contributed by atoms with Gasteiger partial charge in [-0.2, -0.15) is 0 Å². The highest BCUT2D eigenvalue weighted by molar-refractivity contribution is 6.68. The highest BCUT2D eigenvalue weighted by Crippen LogP contribution is 2.31. The van der Waals surface area contributed by atoms with E-state index < -0.39 is 5.24 Å². The number of benzene rings is 1. The van der Waals surface area contributed by atoms with Crippen LogP contribution in [0.25, 0.3) is 0 Å². The maximum atomic E-state index is 11.0. The Morgan fingerprint density at radius 1 is 1.47 bits per heavy atom. The minimum absolute atomic E-state index is 0.120. The monoisotopic (exact) mass is 246 g/mol. The summed E-state index contributed by atoms with van der Waals surface area (Å²) in [7, 11) is 0. The first-order valence-corrected chi connectivity index (χ1v) is 5.53. The zero-order chi connectivity index (χ0) is 11.4. The van der Waals surface area contributed by atoms with E-state index in [1.807, 2.05) is 6.92 Å². The fourth-order valence-corrected chi connectivity index (χ4v) is 1.90. The van der Waals surface area contributed by atoms with Gasteiger partial charge in [-0.1, -0.05) is 24.9 Å². The average molecular weight is 247 g/mol. The summed E-state index contributed by atoms with van der Waals surface area (Å²) < 4.78 is 0. The summed E-state index contributed by atoms with van der Waals surface area (Å²) >= 11 is 11.3. The lowest BCUT2D eigenvalue weighted by Gasteiger charge is -2.08. The van der Waals surface area contributed by atoms with E-state index >= 15 is 0 Å². The third-order valence-electron chi connectivity index (χ3n) is 2.21. The molecule has 1 aromatic rings. The highest BCUT2D eigenvalue weighted by Gasteiger charge is 2.14. The van der Waals surface area contributed by atoms with Crippen LogP contribution in [-0.2, 0) is 6.42 Å². The van der Waals surface area contributed by atoms with Crippen molar-refractivity contribution in [3.8, 4) is 5.75 Å². The standard InChI is InChI=1S/C11H12Cl2O2/c1-2-3-4-7-9(14)6-5-8(10(7)12)11(13)15/h5-6,14H,2-4H2,1H3. The van der Waals surface area contributed by atoms with Crippen molar-refractivity contribution >= 4 is 28.4 Å². The smallest absolute Gasteiger partial charge is 0.253 e. The van der Waals surface area contributed by atoms with Crippen molar-refractivity contribution in [2.24, 2.45) is 0 Å². The van der Waals surface area contributed by atoms with E-state index in [1.54, 1.807) is 0 Å². The number of carbonyl (C=O) groups excluding carboxylic acids is 1. The average Bonchev–Trinajstić information content (AvgIpc) is 2.17. The quantitative estimate of drug-likeness (QED) is 0.822. The third-order valence-corrected chi connectivity index (χ3v) is 2.85. The van der Waals surface area contributed by atoms with Crippen molar-refractivity contribution < 1.29 is 9.90 Å². The molecule has 1 aromatic carbocycles. The normalized spacial score (nSPS) is 10.3. The predicted molar refractivity (Wildman–Crippen MR) is 61.9 cm³/mol. The lowest BCUT2D eigenvalue weighted by Crippen LogP contribution is -1.96. The Balaban J connectivity index is 3.12. The van der Waals surface area contributed by atoms with Gasteiger partial charge in [0.05, 0.1) is 10.6 Å². The van der Waals surface area contributed by atoms with Gasteiger partial charge in [0.2, 0.25) is 0 Å². The van der Waals surface area contributed by atoms with E-state index in [0.717, 1.165) is 12.8 Å². The molecule has 0 radical (unpaired) electrons. The third kappa shape index (κ3) is 2.86. The Kier molecular flexibility index (Phi) is 4.43. The van der Waals surface area contributed by atoms with Crippen LogP contribution in [-0.4, -0.2) is 10.3 Å². The molecule has 0 spiro atoms. The Morgan fingerprint density at radius 2 is 2.13 bits per heavy atom. The summed E-state index contributed by atoms with van der Waals surface area (Å²) in [6.07, 6.45) is 2.56. The van der Waals surface area contributed by atoms with Crippen molar-refractivity contribution in [3.05, 3.63) is 28.3 Å². The summed E-state index contributed by atoms with van der Waals surface area (Å²) in [4.78, 5) is 11.0. The molecule has 0 amide bonds. The van der Waals surface area contributed by atoms with Crippen LogP contribution < -0.4 is 0 Å². The molecular weight excluding hydrogens is 235 g/mol. The molecule has 0 aliphatic heterocycles. The minimum Gasteiger partial charge on any atom is -0.508 e. The van der Waals surface area contributed by atoms with Gasteiger partial charge in [0, 0.05) is 5.56 Å². The summed E-state index contributed by atoms with van der Waals surface area (Å²) in [6, 6.07) is 2.88. The van der Waals surface area contributed by atoms with Crippen molar-refractivity contribution in [1.29, 1.82) is 0 Å². The molecule has 4 heteroatoms. The second-order valence-corrected chi connectivity index (χ2v) is 4.02. The number of hydrogen-bond donors (Lipinski definition) is 1. The minimum atomic E-state index is -0.599. The Labute approximate surface area is 98.8 Å². The molecule has 0 aromatic heterocycles. The maximum Gasteiger partial charge on any atom is 0.253 e. The number of unbranched alkanes of at least 4 members (excludes halogenated alkanes) is 1. The summed E-state index contributed by atoms with van der Waals surface area (Å²) in [5, 5.41) is 9.25. The summed E-state index contributed by atoms with van der Waals surface area (Å²) in [5.41, 5.74) is 0.854. The van der Waals surface area contributed by atoms with Crippen LogP contribution in [0.3, 0.4) is 0 Å². The number of hydrogen-bond acceptors (Lipinski definition) is 2. The van der Waals surface area contributed by atoms with E-state index in [2.05, 4.69) is 0 Å². The molecule has 0 fully saturated rings. The molecule has 0 atom stereocenters. The number of halogens is 2. The van der Waals surface area contributed by atoms with Gasteiger partial charge >= 0.3 is 0 Å². The molecule has 0 heterocycles. The topological polar surface area (TPSA) is 37.3 Å². The van der Waals surface area contributed by atoms with E-state index in [4.69, 9.17) is 23.2 Å². The predicted octanol–water partition coefficient (Wildman–Crippen LogP) is 3.77. The van der Waals surface area contributed by atoms with E-state index in [0.29, 0.717) is 12.0 Å². The number of phenols is 1. The largest absolute Gasteiger partial charge is 0.508 e. The molecule has 0 saturated carbocycles. The van der Waals surface area contributed by atoms with Crippen LogP contribution in [0.1, 0.15) is 35.7 Å². The van der Waals surface area contributed by atoms with Crippen LogP contribution in [0.15, 0.2) is 12.1 Å². The molecule has 1 N–H and O–H groups in total. The van der Waals surface area contributed by atoms with Crippen molar-refractivity contribution in [3.63, 3.8) is 0 Å². The Hall–Kier alpha value is -0.730. The number of aromatic hydroxyl groups is 1. The van der Waals surface area contributed by atoms with Crippen LogP contribution in [0.4, 0.5) is 0 Å². The molecular formula is C11H12Cl2O2. The fraction of sp³-hybridized carbons (Fsp3) is 0.364. The maximum absolute atomic E-state index is 11.0. The van der Waals surface area contributed by atoms with Gasteiger partial charge in [0.25, 0.3) is 5.24 Å². The van der Waals surface area contributed by atoms with Gasteiger partial charge in [-0.3, -0.25) is 4.79 Å². The summed E-state index contributed by atoms with van der Waals surface area (Å²) in [5.74, 6) is 0.120. The molecule has 15 heavy (non-hydrogen) atoms. The number of phenolic OH excluding ortho intramolecular Hbond substituents is 1. The molecule has 2 nitrogen and oxygen atoms in total. The molecule has 0 saturated heterocycles. The first kappa shape index (κ1) is 12.3. The molecule has 0 aliphatic carbocycles. The molecule has 0 aliphatic rings. The molecule has 1 rings (SSSR count). The zero-order valence-electron chi connectivity index (χ0n) is 8.39. The Bertz CT molecular complexity index is 375. The van der Waals surface area contributed by atoms with E-state index in [1.165, 1.54) is 12.1 Å². The van der Waals surface area contributed by atoms with Gasteiger partial charge in [0.1, 0.15) is 5.75 Å². The zero-order valence-corrected chi connectivity index (χ0v) is 9.90. The van der Waals surface area contributed by atoms with Gasteiger partial charge in [-0.15, -0.1) is 0 Å². The molecule has 0 unspecified atom stereocenters. The van der Waals surface area contributed by atoms with Gasteiger partial charge in [-0.25, -0.2) is 0 Å². The lowest BCUT2D eigenvalue weighted by atomic mass is 10.0. The fourth-order valence-electron chi connectivity index (χ4n) is 1.35. The molecule has 0 bridgehead atoms. The van der Waals surface area contributed by atoms with Gasteiger partial charge in [-0.05, 0) is 36.6 Å². The SMILES string of the molecule is CCCCc1c(O)ccc(C(=O)Cl)c1Cl. The van der Waals surface area contributed by atoms with Crippen LogP contribution in [0.5, 0.6) is 5.75 Å². The van der Waals surface area contributed by atoms with E-state index in [9.17, 15) is 9.90 Å². The second kappa shape index (κ2) is 5.38. The van der Waals surface area contributed by atoms with E-state index in [-0.39, 0.29) is 16.3 Å². The van der Waals surface area contributed by atoms with Crippen molar-refractivity contribution in [2.45, 2.75) is 26.2 Å². The van der Waals surface area contributed by atoms with Crippen LogP contribution in [0.2, 0.25) is 5.02 Å². The van der Waals surface area contributed by atoms with Crippen molar-refractivity contribution in [2.75, 3.05) is 0 Å². The first-order chi connectivity index (χ1) is 7.07. The number of rotatable bonds is 4. The summed E-state index contributed by atoms with van der Waals surface area (Å²) in [6.45, 7) is 2.04.